The van der Waals surface area contributed by atoms with Crippen LogP contribution in [0.15, 0.2) is 24.3 Å². The van der Waals surface area contributed by atoms with Gasteiger partial charge in [0, 0.05) is 12.8 Å². The van der Waals surface area contributed by atoms with Crippen molar-refractivity contribution in [3.63, 3.8) is 0 Å². The number of hydrogen-bond acceptors (Lipinski definition) is 6. The van der Waals surface area contributed by atoms with Crippen LogP contribution in [0.2, 0.25) is 0 Å². The molecule has 9 nitrogen and oxygen atoms in total. The first-order valence-electron chi connectivity index (χ1n) is 25.7. The van der Waals surface area contributed by atoms with Crippen LogP contribution in [-0.2, 0) is 23.9 Å². The van der Waals surface area contributed by atoms with Crippen molar-refractivity contribution in [2.24, 2.45) is 0 Å². The molecule has 0 aliphatic rings. The third-order valence-electron chi connectivity index (χ3n) is 11.7. The maximum atomic E-state index is 12.9. The lowest BCUT2D eigenvalue weighted by atomic mass is 10.0. The second kappa shape index (κ2) is 46.8. The molecule has 0 fully saturated rings. The van der Waals surface area contributed by atoms with Gasteiger partial charge in [0.1, 0.15) is 12.1 Å². The first-order valence-corrected chi connectivity index (χ1v) is 25.7. The Morgan fingerprint density at radius 3 is 1.25 bits per heavy atom. The van der Waals surface area contributed by atoms with Crippen molar-refractivity contribution < 1.29 is 34.1 Å². The second-order valence-electron chi connectivity index (χ2n) is 17.6. The average molecular weight is 861 g/mol. The minimum Gasteiger partial charge on any atom is -0.480 e. The first-order chi connectivity index (χ1) is 29.8. The van der Waals surface area contributed by atoms with E-state index in [9.17, 15) is 19.2 Å². The van der Waals surface area contributed by atoms with Crippen molar-refractivity contribution in [1.82, 2.24) is 10.6 Å². The summed E-state index contributed by atoms with van der Waals surface area (Å²) in [7, 11) is 0. The summed E-state index contributed by atoms with van der Waals surface area (Å²) in [5.74, 6) is -2.29. The van der Waals surface area contributed by atoms with E-state index in [-0.39, 0.29) is 24.5 Å². The SMILES string of the molecule is CCCCCCCCC/C=C\CCCCCCCCCC(=O)OC(CCCCC/C=C\CCCCCCCCCC)CCCCCCCC(=O)NCC(=O)NC(CO)C(=O)O. The minimum atomic E-state index is -1.38. The molecule has 2 unspecified atom stereocenters. The summed E-state index contributed by atoms with van der Waals surface area (Å²) in [6, 6.07) is -1.38. The fraction of sp³-hybridized carbons (Fsp3) is 0.846. The number of aliphatic carboxylic acids is 1. The molecule has 61 heavy (non-hydrogen) atoms. The first kappa shape index (κ1) is 58.3. The summed E-state index contributed by atoms with van der Waals surface area (Å²) in [4.78, 5) is 47.8. The molecule has 9 heteroatoms. The van der Waals surface area contributed by atoms with Crippen LogP contribution in [0, 0.1) is 0 Å². The van der Waals surface area contributed by atoms with Crippen LogP contribution in [0.25, 0.3) is 0 Å². The van der Waals surface area contributed by atoms with Gasteiger partial charge in [-0.1, -0.05) is 179 Å². The predicted molar refractivity (Wildman–Crippen MR) is 255 cm³/mol. The van der Waals surface area contributed by atoms with E-state index in [0.29, 0.717) is 19.3 Å². The summed E-state index contributed by atoms with van der Waals surface area (Å²) >= 11 is 0. The van der Waals surface area contributed by atoms with Gasteiger partial charge in [0.05, 0.1) is 13.2 Å². The molecule has 4 N–H and O–H groups in total. The normalized spacial score (nSPS) is 12.6. The van der Waals surface area contributed by atoms with E-state index in [1.54, 1.807) is 0 Å². The van der Waals surface area contributed by atoms with Crippen molar-refractivity contribution in [2.45, 2.75) is 270 Å². The third-order valence-corrected chi connectivity index (χ3v) is 11.7. The monoisotopic (exact) mass is 861 g/mol. The average Bonchev–Trinajstić information content (AvgIpc) is 3.25. The number of hydrogen-bond donors (Lipinski definition) is 4. The Labute approximate surface area is 374 Å². The zero-order valence-electron chi connectivity index (χ0n) is 39.7. The fourth-order valence-electron chi connectivity index (χ4n) is 7.71. The fourth-order valence-corrected chi connectivity index (χ4v) is 7.71. The molecular formula is C52H96N2O7. The van der Waals surface area contributed by atoms with Crippen LogP contribution in [0.5, 0.6) is 0 Å². The van der Waals surface area contributed by atoms with Gasteiger partial charge in [-0.2, -0.15) is 0 Å². The zero-order valence-corrected chi connectivity index (χ0v) is 39.7. The van der Waals surface area contributed by atoms with Crippen LogP contribution < -0.4 is 10.6 Å². The summed E-state index contributed by atoms with van der Waals surface area (Å²) < 4.78 is 6.06. The molecule has 0 aliphatic heterocycles. The molecule has 2 amide bonds. The van der Waals surface area contributed by atoms with Gasteiger partial charge in [0.15, 0.2) is 0 Å². The lowest BCUT2D eigenvalue weighted by Gasteiger charge is -2.18. The molecule has 0 radical (unpaired) electrons. The van der Waals surface area contributed by atoms with Gasteiger partial charge >= 0.3 is 11.9 Å². The number of aliphatic hydroxyl groups is 1. The number of carboxylic acid groups (broad SMARTS) is 1. The van der Waals surface area contributed by atoms with Gasteiger partial charge < -0.3 is 25.6 Å². The van der Waals surface area contributed by atoms with Gasteiger partial charge in [-0.15, -0.1) is 0 Å². The van der Waals surface area contributed by atoms with Gasteiger partial charge in [-0.25, -0.2) is 4.79 Å². The molecule has 0 saturated heterocycles. The second-order valence-corrected chi connectivity index (χ2v) is 17.6. The Morgan fingerprint density at radius 2 is 0.836 bits per heavy atom. The minimum absolute atomic E-state index is 0.0295. The molecule has 2 atom stereocenters. The van der Waals surface area contributed by atoms with Gasteiger partial charge in [-0.05, 0) is 89.9 Å². The van der Waals surface area contributed by atoms with Crippen LogP contribution in [0.1, 0.15) is 258 Å². The number of aliphatic hydroxyl groups excluding tert-OH is 1. The number of esters is 1. The number of unbranched alkanes of at least 4 members (excludes halogenated alkanes) is 29. The largest absolute Gasteiger partial charge is 0.480 e. The number of carbonyl (C=O) groups is 4. The molecule has 0 aliphatic carbocycles. The van der Waals surface area contributed by atoms with Crippen LogP contribution in [-0.4, -0.2) is 59.3 Å². The summed E-state index contributed by atoms with van der Waals surface area (Å²) in [5.41, 5.74) is 0. The standard InChI is InChI=1S/C52H96N2O7/c1-3-5-7-9-11-13-15-17-19-20-21-23-25-27-29-31-36-40-44-51(58)61-47(41-37-33-30-28-26-24-22-18-16-14-12-10-8-6-4-2)42-38-34-32-35-39-43-49(56)53-45-50(57)54-48(46-55)52(59)60/h19-20,24,26,47-48,55H,3-18,21-23,25,27-46H2,1-2H3,(H,53,56)(H,54,57)(H,59,60)/b20-19-,26-24-. The molecular weight excluding hydrogens is 765 g/mol. The summed E-state index contributed by atoms with van der Waals surface area (Å²) in [5, 5.41) is 22.6. The molecule has 0 aromatic rings. The van der Waals surface area contributed by atoms with Crippen molar-refractivity contribution in [3.05, 3.63) is 24.3 Å². The van der Waals surface area contributed by atoms with E-state index in [4.69, 9.17) is 14.9 Å². The van der Waals surface area contributed by atoms with Crippen molar-refractivity contribution in [3.8, 4) is 0 Å². The van der Waals surface area contributed by atoms with E-state index < -0.39 is 24.5 Å². The number of ether oxygens (including phenoxy) is 1. The Hall–Kier alpha value is -2.68. The van der Waals surface area contributed by atoms with E-state index in [2.05, 4.69) is 48.8 Å². The maximum Gasteiger partial charge on any atom is 0.328 e. The number of carboxylic acids is 1. The highest BCUT2D eigenvalue weighted by Gasteiger charge is 2.19. The molecule has 0 rings (SSSR count). The summed E-state index contributed by atoms with van der Waals surface area (Å²) in [6.45, 7) is 3.51. The number of carbonyl (C=O) groups excluding carboxylic acids is 3. The predicted octanol–water partition coefficient (Wildman–Crippen LogP) is 13.6. The number of allylic oxidation sites excluding steroid dienone is 4. The van der Waals surface area contributed by atoms with E-state index in [1.807, 2.05) is 0 Å². The highest BCUT2D eigenvalue weighted by molar-refractivity contribution is 5.87. The zero-order chi connectivity index (χ0) is 44.7. The molecule has 0 heterocycles. The Bertz CT molecular complexity index is 1080. The van der Waals surface area contributed by atoms with E-state index in [1.165, 1.54) is 154 Å². The highest BCUT2D eigenvalue weighted by Crippen LogP contribution is 2.19. The highest BCUT2D eigenvalue weighted by atomic mass is 16.5. The summed E-state index contributed by atoms with van der Waals surface area (Å²) in [6.07, 6.45) is 53.5. The molecule has 0 spiro atoms. The lowest BCUT2D eigenvalue weighted by molar-refractivity contribution is -0.150. The van der Waals surface area contributed by atoms with Crippen molar-refractivity contribution >= 4 is 23.8 Å². The third kappa shape index (κ3) is 43.8. The molecule has 0 bridgehead atoms. The molecule has 356 valence electrons. The molecule has 0 aromatic carbocycles. The Morgan fingerprint density at radius 1 is 0.475 bits per heavy atom. The van der Waals surface area contributed by atoms with Gasteiger partial charge in [0.25, 0.3) is 0 Å². The quantitative estimate of drug-likeness (QED) is 0.0271. The van der Waals surface area contributed by atoms with Crippen LogP contribution in [0.4, 0.5) is 0 Å². The topological polar surface area (TPSA) is 142 Å². The maximum absolute atomic E-state index is 12.9. The number of rotatable bonds is 47. The van der Waals surface area contributed by atoms with Crippen LogP contribution >= 0.6 is 0 Å². The van der Waals surface area contributed by atoms with Crippen molar-refractivity contribution in [2.75, 3.05) is 13.2 Å². The van der Waals surface area contributed by atoms with E-state index in [0.717, 1.165) is 70.6 Å². The van der Waals surface area contributed by atoms with Crippen molar-refractivity contribution in [1.29, 1.82) is 0 Å². The molecule has 0 aromatic heterocycles. The number of amides is 2. The van der Waals surface area contributed by atoms with Crippen LogP contribution in [0.3, 0.4) is 0 Å². The Balaban J connectivity index is 4.32. The Kier molecular flexibility index (Phi) is 44.8. The smallest absolute Gasteiger partial charge is 0.328 e. The van der Waals surface area contributed by atoms with Gasteiger partial charge in [0.2, 0.25) is 11.8 Å². The van der Waals surface area contributed by atoms with E-state index >= 15 is 0 Å². The lowest BCUT2D eigenvalue weighted by Crippen LogP contribution is -2.47. The molecule has 0 saturated carbocycles. The van der Waals surface area contributed by atoms with Gasteiger partial charge in [-0.3, -0.25) is 14.4 Å². The number of nitrogens with one attached hydrogen (secondary N) is 2.